The first-order chi connectivity index (χ1) is 14.5. The van der Waals surface area contributed by atoms with Gasteiger partial charge in [0, 0.05) is 38.3 Å². The van der Waals surface area contributed by atoms with Gasteiger partial charge in [-0.05, 0) is 17.7 Å². The molecule has 2 heterocycles. The highest BCUT2D eigenvalue weighted by Gasteiger charge is 2.24. The second-order valence-corrected chi connectivity index (χ2v) is 8.28. The smallest absolute Gasteiger partial charge is 0.269 e. The van der Waals surface area contributed by atoms with Crippen molar-refractivity contribution in [2.75, 3.05) is 38.2 Å². The number of piperazine rings is 1. The summed E-state index contributed by atoms with van der Waals surface area (Å²) < 4.78 is 6.28. The van der Waals surface area contributed by atoms with Crippen molar-refractivity contribution in [2.24, 2.45) is 0 Å². The van der Waals surface area contributed by atoms with Crippen LogP contribution < -0.4 is 9.64 Å². The molecule has 0 unspecified atom stereocenters. The third-order valence-corrected chi connectivity index (χ3v) is 6.65. The molecule has 1 aliphatic heterocycles. The van der Waals surface area contributed by atoms with Gasteiger partial charge in [-0.1, -0.05) is 35.1 Å². The molecular weight excluding hydrogens is 428 g/mol. The zero-order valence-electron chi connectivity index (χ0n) is 16.2. The fourth-order valence-electron chi connectivity index (χ4n) is 3.41. The molecule has 1 fully saturated rings. The number of thiazole rings is 1. The zero-order chi connectivity index (χ0) is 21.3. The average molecular weight is 447 g/mol. The fourth-order valence-corrected chi connectivity index (χ4v) is 4.72. The highest BCUT2D eigenvalue weighted by atomic mass is 35.5. The first-order valence-corrected chi connectivity index (χ1v) is 10.5. The van der Waals surface area contributed by atoms with Crippen LogP contribution in [0.25, 0.3) is 10.2 Å². The molecule has 1 aliphatic rings. The Morgan fingerprint density at radius 1 is 1.20 bits per heavy atom. The zero-order valence-corrected chi connectivity index (χ0v) is 17.8. The van der Waals surface area contributed by atoms with Gasteiger partial charge in [0.1, 0.15) is 11.3 Å². The van der Waals surface area contributed by atoms with Crippen molar-refractivity contribution in [3.63, 3.8) is 0 Å². The standard InChI is InChI=1S/C20H19ClN4O4S/c1-29-16-7-6-15(21)19-18(16)22-20(30-19)24-10-8-23(9-11-24)17(26)12-13-2-4-14(5-3-13)25(27)28/h2-7H,8-12H2,1H3. The number of halogens is 1. The normalized spacial score (nSPS) is 14.2. The highest BCUT2D eigenvalue weighted by molar-refractivity contribution is 7.22. The minimum Gasteiger partial charge on any atom is -0.494 e. The third-order valence-electron chi connectivity index (χ3n) is 5.07. The minimum absolute atomic E-state index is 0.0116. The van der Waals surface area contributed by atoms with E-state index >= 15 is 0 Å². The molecule has 1 aromatic heterocycles. The van der Waals surface area contributed by atoms with Crippen molar-refractivity contribution in [1.82, 2.24) is 9.88 Å². The molecular formula is C20H19ClN4O4S. The number of hydrogen-bond acceptors (Lipinski definition) is 7. The molecule has 4 rings (SSSR count). The summed E-state index contributed by atoms with van der Waals surface area (Å²) in [5.74, 6) is 0.700. The summed E-state index contributed by atoms with van der Waals surface area (Å²) in [6, 6.07) is 9.72. The largest absolute Gasteiger partial charge is 0.494 e. The number of carbonyl (C=O) groups is 1. The lowest BCUT2D eigenvalue weighted by Gasteiger charge is -2.34. The van der Waals surface area contributed by atoms with Crippen molar-refractivity contribution < 1.29 is 14.5 Å². The monoisotopic (exact) mass is 446 g/mol. The van der Waals surface area contributed by atoms with E-state index in [9.17, 15) is 14.9 Å². The number of hydrogen-bond donors (Lipinski definition) is 0. The van der Waals surface area contributed by atoms with Gasteiger partial charge in [-0.2, -0.15) is 0 Å². The van der Waals surface area contributed by atoms with E-state index in [1.165, 1.54) is 23.5 Å². The van der Waals surface area contributed by atoms with Crippen molar-refractivity contribution >= 4 is 49.9 Å². The second-order valence-electron chi connectivity index (χ2n) is 6.89. The molecule has 0 spiro atoms. The number of fused-ring (bicyclic) bond motifs is 1. The molecule has 30 heavy (non-hydrogen) atoms. The van der Waals surface area contributed by atoms with E-state index in [1.807, 2.05) is 11.0 Å². The molecule has 156 valence electrons. The number of nitrogens with zero attached hydrogens (tertiary/aromatic N) is 4. The molecule has 2 aromatic carbocycles. The summed E-state index contributed by atoms with van der Waals surface area (Å²) in [6.45, 7) is 2.52. The van der Waals surface area contributed by atoms with Gasteiger partial charge in [0.15, 0.2) is 5.13 Å². The van der Waals surface area contributed by atoms with Crippen LogP contribution in [0.1, 0.15) is 5.56 Å². The van der Waals surface area contributed by atoms with Crippen molar-refractivity contribution in [3.05, 3.63) is 57.1 Å². The van der Waals surface area contributed by atoms with Crippen molar-refractivity contribution in [3.8, 4) is 5.75 Å². The number of aromatic nitrogens is 1. The molecule has 1 amide bonds. The molecule has 10 heteroatoms. The fraction of sp³-hybridized carbons (Fsp3) is 0.300. The summed E-state index contributed by atoms with van der Waals surface area (Å²) >= 11 is 7.83. The van der Waals surface area contributed by atoms with E-state index in [1.54, 1.807) is 25.3 Å². The Kier molecular flexibility index (Phi) is 5.74. The number of ether oxygens (including phenoxy) is 1. The van der Waals surface area contributed by atoms with Crippen LogP contribution in [0.3, 0.4) is 0 Å². The summed E-state index contributed by atoms with van der Waals surface area (Å²) in [6.07, 6.45) is 0.228. The summed E-state index contributed by atoms with van der Waals surface area (Å²) in [5.41, 5.74) is 1.54. The van der Waals surface area contributed by atoms with Crippen LogP contribution in [0.4, 0.5) is 10.8 Å². The van der Waals surface area contributed by atoms with Crippen LogP contribution in [0.5, 0.6) is 5.75 Å². The number of benzene rings is 2. The third kappa shape index (κ3) is 4.03. The van der Waals surface area contributed by atoms with Gasteiger partial charge in [0.2, 0.25) is 5.91 Å². The Bertz CT molecular complexity index is 1090. The number of amides is 1. The first-order valence-electron chi connectivity index (χ1n) is 9.35. The van der Waals surface area contributed by atoms with E-state index in [4.69, 9.17) is 21.3 Å². The number of methoxy groups -OCH3 is 1. The SMILES string of the molecule is COc1ccc(Cl)c2sc(N3CCN(C(=O)Cc4ccc([N+](=O)[O-])cc4)CC3)nc12. The van der Waals surface area contributed by atoms with Gasteiger partial charge in [0.25, 0.3) is 5.69 Å². The van der Waals surface area contributed by atoms with Crippen LogP contribution >= 0.6 is 22.9 Å². The Morgan fingerprint density at radius 2 is 1.90 bits per heavy atom. The maximum atomic E-state index is 12.6. The predicted octanol–water partition coefficient (Wildman–Crippen LogP) is 3.76. The molecule has 0 saturated carbocycles. The number of nitro benzene ring substituents is 1. The van der Waals surface area contributed by atoms with Gasteiger partial charge in [-0.25, -0.2) is 4.98 Å². The van der Waals surface area contributed by atoms with Crippen LogP contribution in [-0.4, -0.2) is 54.0 Å². The second kappa shape index (κ2) is 8.45. The van der Waals surface area contributed by atoms with E-state index in [2.05, 4.69) is 4.90 Å². The van der Waals surface area contributed by atoms with Crippen LogP contribution in [-0.2, 0) is 11.2 Å². The molecule has 8 nitrogen and oxygen atoms in total. The quantitative estimate of drug-likeness (QED) is 0.438. The average Bonchev–Trinajstić information content (AvgIpc) is 3.21. The van der Waals surface area contributed by atoms with E-state index in [-0.39, 0.29) is 18.0 Å². The lowest BCUT2D eigenvalue weighted by atomic mass is 10.1. The predicted molar refractivity (Wildman–Crippen MR) is 117 cm³/mol. The van der Waals surface area contributed by atoms with Gasteiger partial charge in [-0.3, -0.25) is 14.9 Å². The van der Waals surface area contributed by atoms with Gasteiger partial charge < -0.3 is 14.5 Å². The van der Waals surface area contributed by atoms with E-state index < -0.39 is 4.92 Å². The maximum Gasteiger partial charge on any atom is 0.269 e. The highest BCUT2D eigenvalue weighted by Crippen LogP contribution is 2.38. The summed E-state index contributed by atoms with van der Waals surface area (Å²) in [7, 11) is 1.61. The molecule has 0 N–H and O–H groups in total. The van der Waals surface area contributed by atoms with Crippen LogP contribution in [0, 0.1) is 10.1 Å². The Morgan fingerprint density at radius 3 is 2.53 bits per heavy atom. The minimum atomic E-state index is -0.449. The Hall–Kier alpha value is -2.91. The van der Waals surface area contributed by atoms with Crippen molar-refractivity contribution in [2.45, 2.75) is 6.42 Å². The van der Waals surface area contributed by atoms with Gasteiger partial charge in [0.05, 0.1) is 28.2 Å². The molecule has 0 atom stereocenters. The van der Waals surface area contributed by atoms with E-state index in [0.717, 1.165) is 20.9 Å². The topological polar surface area (TPSA) is 88.8 Å². The molecule has 0 aliphatic carbocycles. The number of non-ortho nitro benzene ring substituents is 1. The molecule has 1 saturated heterocycles. The number of carbonyl (C=O) groups excluding carboxylic acids is 1. The lowest BCUT2D eigenvalue weighted by Crippen LogP contribution is -2.49. The lowest BCUT2D eigenvalue weighted by molar-refractivity contribution is -0.384. The summed E-state index contributed by atoms with van der Waals surface area (Å²) in [5, 5.41) is 12.3. The van der Waals surface area contributed by atoms with Crippen molar-refractivity contribution in [1.29, 1.82) is 0 Å². The molecule has 3 aromatic rings. The number of rotatable bonds is 5. The first kappa shape index (κ1) is 20.4. The van der Waals surface area contributed by atoms with Gasteiger partial charge in [-0.15, -0.1) is 0 Å². The molecule has 0 radical (unpaired) electrons. The van der Waals surface area contributed by atoms with Gasteiger partial charge >= 0.3 is 0 Å². The maximum absolute atomic E-state index is 12.6. The Balaban J connectivity index is 1.40. The van der Waals surface area contributed by atoms with Crippen LogP contribution in [0.15, 0.2) is 36.4 Å². The number of anilines is 1. The Labute approximate surface area is 181 Å². The van der Waals surface area contributed by atoms with Crippen LogP contribution in [0.2, 0.25) is 5.02 Å². The molecule has 0 bridgehead atoms. The van der Waals surface area contributed by atoms with E-state index in [0.29, 0.717) is 37.0 Å². The summed E-state index contributed by atoms with van der Waals surface area (Å²) in [4.78, 5) is 31.6. The number of nitro groups is 1.